The minimum Gasteiger partial charge on any atom is -0.359 e. The van der Waals surface area contributed by atoms with Gasteiger partial charge >= 0.3 is 0 Å². The van der Waals surface area contributed by atoms with Crippen LogP contribution < -0.4 is 10.6 Å². The van der Waals surface area contributed by atoms with Gasteiger partial charge in [0.2, 0.25) is 9.70 Å². The van der Waals surface area contributed by atoms with Gasteiger partial charge in [-0.15, -0.1) is 0 Å². The van der Waals surface area contributed by atoms with Crippen molar-refractivity contribution in [2.75, 3.05) is 0 Å². The Balaban J connectivity index is 2.02. The van der Waals surface area contributed by atoms with Crippen molar-refractivity contribution in [1.82, 2.24) is 10.6 Å². The van der Waals surface area contributed by atoms with Crippen molar-refractivity contribution in [2.45, 2.75) is 28.5 Å². The van der Waals surface area contributed by atoms with E-state index in [9.17, 15) is 4.79 Å². The summed E-state index contributed by atoms with van der Waals surface area (Å²) >= 11 is 19.3. The molecule has 0 fully saturated rings. The van der Waals surface area contributed by atoms with E-state index in [1.54, 1.807) is 6.08 Å². The number of alkyl halides is 3. The van der Waals surface area contributed by atoms with Crippen LogP contribution in [0.15, 0.2) is 53.2 Å². The molecule has 0 saturated heterocycles. The minimum absolute atomic E-state index is 0.343. The highest BCUT2D eigenvalue weighted by atomic mass is 35.6. The van der Waals surface area contributed by atoms with E-state index in [-0.39, 0.29) is 11.4 Å². The van der Waals surface area contributed by atoms with Crippen LogP contribution in [0.2, 0.25) is 0 Å². The standard InChI is InChI=1S/C17H18Cl3N3OS/c1-11-10-12(2)22-16(21-11)25-15(17(18,19)20)23-14(24)9-8-13-6-4-3-5-7-13/h3-10,15-16,21H,1-2H3,(H,23,24)/b9-8+/t15-,16+/m0/s1. The lowest BCUT2D eigenvalue weighted by Crippen LogP contribution is -2.43. The van der Waals surface area contributed by atoms with Crippen molar-refractivity contribution < 1.29 is 4.79 Å². The Bertz CT molecular complexity index is 699. The zero-order chi connectivity index (χ0) is 18.4. The molecule has 0 spiro atoms. The lowest BCUT2D eigenvalue weighted by atomic mass is 10.2. The Morgan fingerprint density at radius 1 is 1.32 bits per heavy atom. The van der Waals surface area contributed by atoms with E-state index in [4.69, 9.17) is 34.8 Å². The topological polar surface area (TPSA) is 53.5 Å². The van der Waals surface area contributed by atoms with Crippen LogP contribution in [0.25, 0.3) is 6.08 Å². The molecule has 0 radical (unpaired) electrons. The molecule has 1 heterocycles. The fourth-order valence-electron chi connectivity index (χ4n) is 2.10. The van der Waals surface area contributed by atoms with Gasteiger partial charge in [0.15, 0.2) is 5.50 Å². The van der Waals surface area contributed by atoms with E-state index in [0.29, 0.717) is 0 Å². The second-order valence-corrected chi connectivity index (χ2v) is 8.96. The average molecular weight is 419 g/mol. The highest BCUT2D eigenvalue weighted by Crippen LogP contribution is 2.38. The lowest BCUT2D eigenvalue weighted by molar-refractivity contribution is -0.116. The number of amides is 1. The van der Waals surface area contributed by atoms with Crippen LogP contribution in [-0.4, -0.2) is 26.3 Å². The number of benzene rings is 1. The van der Waals surface area contributed by atoms with Crippen LogP contribution in [0.5, 0.6) is 0 Å². The van der Waals surface area contributed by atoms with Gasteiger partial charge in [-0.25, -0.2) is 0 Å². The minimum atomic E-state index is -1.68. The monoisotopic (exact) mass is 417 g/mol. The predicted octanol–water partition coefficient (Wildman–Crippen LogP) is 4.50. The molecule has 1 aromatic rings. The molecular weight excluding hydrogens is 401 g/mol. The van der Waals surface area contributed by atoms with Crippen molar-refractivity contribution in [2.24, 2.45) is 4.99 Å². The summed E-state index contributed by atoms with van der Waals surface area (Å²) < 4.78 is -1.68. The number of thioether (sulfide) groups is 1. The second kappa shape index (κ2) is 8.99. The lowest BCUT2D eigenvalue weighted by Gasteiger charge is -2.29. The number of halogens is 3. The first kappa shape index (κ1) is 20.2. The molecule has 4 nitrogen and oxygen atoms in total. The number of nitrogens with zero attached hydrogens (tertiary/aromatic N) is 1. The number of allylic oxidation sites excluding steroid dienone is 2. The van der Waals surface area contributed by atoms with Crippen LogP contribution >= 0.6 is 46.6 Å². The summed E-state index contributed by atoms with van der Waals surface area (Å²) in [6, 6.07) is 9.47. The summed E-state index contributed by atoms with van der Waals surface area (Å²) in [5.41, 5.74) is 2.39. The summed E-state index contributed by atoms with van der Waals surface area (Å²) in [6.45, 7) is 3.82. The quantitative estimate of drug-likeness (QED) is 0.420. The zero-order valence-corrected chi connectivity index (χ0v) is 16.8. The highest BCUT2D eigenvalue weighted by molar-refractivity contribution is 8.00. The molecule has 2 rings (SSSR count). The largest absolute Gasteiger partial charge is 0.359 e. The number of carbonyl (C=O) groups excluding carboxylic acids is 1. The Morgan fingerprint density at radius 2 is 2.00 bits per heavy atom. The number of aliphatic imine (C=N–C) groups is 1. The van der Waals surface area contributed by atoms with Crippen molar-refractivity contribution in [1.29, 1.82) is 0 Å². The van der Waals surface area contributed by atoms with Gasteiger partial charge in [-0.2, -0.15) is 0 Å². The van der Waals surface area contributed by atoms with Crippen LogP contribution in [0.3, 0.4) is 0 Å². The summed E-state index contributed by atoms with van der Waals surface area (Å²) in [4.78, 5) is 16.6. The van der Waals surface area contributed by atoms with E-state index in [2.05, 4.69) is 15.6 Å². The molecule has 0 saturated carbocycles. The Hall–Kier alpha value is -1.14. The highest BCUT2D eigenvalue weighted by Gasteiger charge is 2.36. The second-order valence-electron chi connectivity index (χ2n) is 5.40. The van der Waals surface area contributed by atoms with Gasteiger partial charge in [-0.3, -0.25) is 9.79 Å². The average Bonchev–Trinajstić information content (AvgIpc) is 2.51. The summed E-state index contributed by atoms with van der Waals surface area (Å²) in [6.07, 6.45) is 5.03. The SMILES string of the molecule is CC1=CC(C)=N[C@H](S[C@H](NC(=O)/C=C/c2ccccc2)C(Cl)(Cl)Cl)N1. The molecular formula is C17H18Cl3N3OS. The van der Waals surface area contributed by atoms with Crippen LogP contribution in [0.4, 0.5) is 0 Å². The molecule has 134 valence electrons. The normalized spacial score (nSPS) is 19.0. The van der Waals surface area contributed by atoms with Gasteiger partial charge in [-0.05, 0) is 31.6 Å². The number of rotatable bonds is 5. The number of hydrogen-bond acceptors (Lipinski definition) is 4. The molecule has 2 atom stereocenters. The third kappa shape index (κ3) is 6.94. The number of nitrogens with one attached hydrogen (secondary N) is 2. The zero-order valence-electron chi connectivity index (χ0n) is 13.7. The molecule has 2 N–H and O–H groups in total. The summed E-state index contributed by atoms with van der Waals surface area (Å²) in [7, 11) is 0. The molecule has 0 aliphatic carbocycles. The third-order valence-electron chi connectivity index (χ3n) is 3.16. The molecule has 1 aromatic carbocycles. The first-order chi connectivity index (χ1) is 11.7. The predicted molar refractivity (Wildman–Crippen MR) is 109 cm³/mol. The van der Waals surface area contributed by atoms with Gasteiger partial charge < -0.3 is 10.6 Å². The molecule has 0 unspecified atom stereocenters. The molecule has 1 aliphatic rings. The fourth-order valence-corrected chi connectivity index (χ4v) is 3.81. The van der Waals surface area contributed by atoms with Crippen molar-refractivity contribution in [3.8, 4) is 0 Å². The van der Waals surface area contributed by atoms with E-state index in [1.165, 1.54) is 17.8 Å². The van der Waals surface area contributed by atoms with Gasteiger partial charge in [0, 0.05) is 17.5 Å². The molecule has 25 heavy (non-hydrogen) atoms. The van der Waals surface area contributed by atoms with Gasteiger partial charge in [-0.1, -0.05) is 76.9 Å². The van der Waals surface area contributed by atoms with Crippen LogP contribution in [-0.2, 0) is 4.79 Å². The van der Waals surface area contributed by atoms with Gasteiger partial charge in [0.25, 0.3) is 0 Å². The van der Waals surface area contributed by atoms with E-state index in [0.717, 1.165) is 17.0 Å². The van der Waals surface area contributed by atoms with Crippen molar-refractivity contribution in [3.05, 3.63) is 53.7 Å². The van der Waals surface area contributed by atoms with Gasteiger partial charge in [0.1, 0.15) is 5.37 Å². The van der Waals surface area contributed by atoms with Crippen molar-refractivity contribution >= 4 is 64.3 Å². The molecule has 0 aromatic heterocycles. The van der Waals surface area contributed by atoms with E-state index < -0.39 is 9.17 Å². The maximum Gasteiger partial charge on any atom is 0.245 e. The molecule has 8 heteroatoms. The van der Waals surface area contributed by atoms with E-state index in [1.807, 2.05) is 50.3 Å². The Morgan fingerprint density at radius 3 is 2.60 bits per heavy atom. The third-order valence-corrected chi connectivity index (χ3v) is 5.43. The van der Waals surface area contributed by atoms with E-state index >= 15 is 0 Å². The maximum atomic E-state index is 12.2. The van der Waals surface area contributed by atoms with Crippen molar-refractivity contribution in [3.63, 3.8) is 0 Å². The first-order valence-corrected chi connectivity index (χ1v) is 9.57. The maximum absolute atomic E-state index is 12.2. The smallest absolute Gasteiger partial charge is 0.245 e. The first-order valence-electron chi connectivity index (χ1n) is 7.49. The van der Waals surface area contributed by atoms with Crippen LogP contribution in [0.1, 0.15) is 19.4 Å². The van der Waals surface area contributed by atoms with Gasteiger partial charge in [0.05, 0.1) is 0 Å². The molecule has 0 bridgehead atoms. The molecule has 1 amide bonds. The number of hydrogen-bond donors (Lipinski definition) is 2. The Labute approximate surface area is 166 Å². The number of carbonyl (C=O) groups is 1. The van der Waals surface area contributed by atoms with Crippen LogP contribution in [0, 0.1) is 0 Å². The Kier molecular flexibility index (Phi) is 7.25. The summed E-state index contributed by atoms with van der Waals surface area (Å²) in [5.74, 6) is -0.351. The summed E-state index contributed by atoms with van der Waals surface area (Å²) in [5, 5.41) is 5.12. The fraction of sp³-hybridized carbons (Fsp3) is 0.294. The molecule has 1 aliphatic heterocycles.